The van der Waals surface area contributed by atoms with E-state index in [1.54, 1.807) is 25.3 Å². The fourth-order valence-corrected chi connectivity index (χ4v) is 1.51. The van der Waals surface area contributed by atoms with Crippen LogP contribution in [0.15, 0.2) is 24.3 Å². The van der Waals surface area contributed by atoms with Gasteiger partial charge in [-0.2, -0.15) is 0 Å². The zero-order valence-electron chi connectivity index (χ0n) is 11.6. The summed E-state index contributed by atoms with van der Waals surface area (Å²) in [5, 5.41) is 2.79. The minimum absolute atomic E-state index is 0.165. The van der Waals surface area contributed by atoms with Gasteiger partial charge in [0.05, 0.1) is 31.9 Å². The average molecular weight is 276 g/mol. The Balaban J connectivity index is 2.47. The molecule has 0 aliphatic heterocycles. The van der Waals surface area contributed by atoms with Crippen molar-refractivity contribution in [1.29, 1.82) is 0 Å². The molecule has 1 amide bonds. The molecule has 0 aromatic heterocycles. The number of rotatable bonds is 7. The Bertz CT molecular complexity index is 477. The lowest BCUT2D eigenvalue weighted by Crippen LogP contribution is -2.28. The van der Waals surface area contributed by atoms with Crippen molar-refractivity contribution in [2.24, 2.45) is 5.73 Å². The van der Waals surface area contributed by atoms with Gasteiger partial charge in [0.1, 0.15) is 0 Å². The second kappa shape index (κ2) is 9.98. The highest BCUT2D eigenvalue weighted by molar-refractivity contribution is 5.96. The standard InChI is InChI=1S/C15H20N2O3/c1-19-11-12-20-10-9-17-15(18)14-7-3-2-5-13(14)6-4-8-16/h2-3,5,7H,8-12,16H2,1H3,(H,17,18). The molecule has 20 heavy (non-hydrogen) atoms. The normalized spacial score (nSPS) is 9.70. The molecule has 0 fully saturated rings. The molecule has 0 saturated carbocycles. The van der Waals surface area contributed by atoms with Gasteiger partial charge in [0.25, 0.3) is 5.91 Å². The molecule has 0 unspecified atom stereocenters. The van der Waals surface area contributed by atoms with Crippen molar-refractivity contribution >= 4 is 5.91 Å². The Kier molecular flexibility index (Phi) is 8.08. The third kappa shape index (κ3) is 5.85. The van der Waals surface area contributed by atoms with E-state index in [9.17, 15) is 4.79 Å². The second-order valence-electron chi connectivity index (χ2n) is 3.91. The highest BCUT2D eigenvalue weighted by atomic mass is 16.5. The molecular weight excluding hydrogens is 256 g/mol. The van der Waals surface area contributed by atoms with Gasteiger partial charge < -0.3 is 20.5 Å². The molecule has 0 spiro atoms. The minimum Gasteiger partial charge on any atom is -0.382 e. The molecule has 5 nitrogen and oxygen atoms in total. The number of nitrogens with two attached hydrogens (primary N) is 1. The summed E-state index contributed by atoms with van der Waals surface area (Å²) in [4.78, 5) is 12.0. The predicted octanol–water partition coefficient (Wildman–Crippen LogP) is 0.390. The van der Waals surface area contributed by atoms with Crippen LogP contribution in [0.1, 0.15) is 15.9 Å². The highest BCUT2D eigenvalue weighted by Gasteiger charge is 2.08. The van der Waals surface area contributed by atoms with Gasteiger partial charge in [-0.05, 0) is 12.1 Å². The zero-order chi connectivity index (χ0) is 14.6. The number of carbonyl (C=O) groups is 1. The molecule has 0 aliphatic rings. The Labute approximate surface area is 119 Å². The molecule has 0 saturated heterocycles. The Morgan fingerprint density at radius 2 is 2.10 bits per heavy atom. The smallest absolute Gasteiger partial charge is 0.252 e. The molecule has 0 atom stereocenters. The van der Waals surface area contributed by atoms with Crippen LogP contribution in [0, 0.1) is 11.8 Å². The van der Waals surface area contributed by atoms with Crippen molar-refractivity contribution in [2.75, 3.05) is 40.0 Å². The van der Waals surface area contributed by atoms with Crippen LogP contribution in [0.2, 0.25) is 0 Å². The number of amides is 1. The SMILES string of the molecule is COCCOCCNC(=O)c1ccccc1C#CCN. The van der Waals surface area contributed by atoms with Gasteiger partial charge in [-0.1, -0.05) is 24.0 Å². The van der Waals surface area contributed by atoms with E-state index in [2.05, 4.69) is 17.2 Å². The number of benzene rings is 1. The molecular formula is C15H20N2O3. The van der Waals surface area contributed by atoms with Crippen LogP contribution in [0.3, 0.4) is 0 Å². The summed E-state index contributed by atoms with van der Waals surface area (Å²) in [5.41, 5.74) is 6.56. The lowest BCUT2D eigenvalue weighted by Gasteiger charge is -2.07. The molecule has 0 radical (unpaired) electrons. The average Bonchev–Trinajstić information content (AvgIpc) is 2.48. The predicted molar refractivity (Wildman–Crippen MR) is 77.4 cm³/mol. The second-order valence-corrected chi connectivity index (χ2v) is 3.91. The molecule has 0 aliphatic carbocycles. The van der Waals surface area contributed by atoms with Crippen LogP contribution in [-0.2, 0) is 9.47 Å². The highest BCUT2D eigenvalue weighted by Crippen LogP contribution is 2.06. The fourth-order valence-electron chi connectivity index (χ4n) is 1.51. The number of nitrogens with one attached hydrogen (secondary N) is 1. The first-order chi connectivity index (χ1) is 9.79. The molecule has 0 heterocycles. The number of methoxy groups -OCH3 is 1. The van der Waals surface area contributed by atoms with E-state index in [-0.39, 0.29) is 12.5 Å². The maximum Gasteiger partial charge on any atom is 0.252 e. The molecule has 1 rings (SSSR count). The third-order valence-electron chi connectivity index (χ3n) is 2.46. The fraction of sp³-hybridized carbons (Fsp3) is 0.400. The Morgan fingerprint density at radius 3 is 2.85 bits per heavy atom. The maximum absolute atomic E-state index is 12.0. The van der Waals surface area contributed by atoms with Gasteiger partial charge in [0, 0.05) is 19.2 Å². The van der Waals surface area contributed by atoms with Crippen LogP contribution < -0.4 is 11.1 Å². The van der Waals surface area contributed by atoms with E-state index in [1.165, 1.54) is 0 Å². The minimum atomic E-state index is -0.165. The van der Waals surface area contributed by atoms with E-state index >= 15 is 0 Å². The van der Waals surface area contributed by atoms with Gasteiger partial charge in [-0.15, -0.1) is 0 Å². The summed E-state index contributed by atoms with van der Waals surface area (Å²) in [6.07, 6.45) is 0. The topological polar surface area (TPSA) is 73.6 Å². The monoisotopic (exact) mass is 276 g/mol. The number of ether oxygens (including phenoxy) is 2. The number of carbonyl (C=O) groups excluding carboxylic acids is 1. The first-order valence-corrected chi connectivity index (χ1v) is 6.42. The van der Waals surface area contributed by atoms with Gasteiger partial charge >= 0.3 is 0 Å². The molecule has 0 bridgehead atoms. The summed E-state index contributed by atoms with van der Waals surface area (Å²) in [6, 6.07) is 7.18. The maximum atomic E-state index is 12.0. The van der Waals surface area contributed by atoms with Crippen molar-refractivity contribution in [2.45, 2.75) is 0 Å². The summed E-state index contributed by atoms with van der Waals surface area (Å²) < 4.78 is 10.1. The van der Waals surface area contributed by atoms with E-state index in [0.717, 1.165) is 0 Å². The van der Waals surface area contributed by atoms with Crippen LogP contribution in [0.4, 0.5) is 0 Å². The summed E-state index contributed by atoms with van der Waals surface area (Å²) in [5.74, 6) is 5.47. The van der Waals surface area contributed by atoms with Crippen LogP contribution in [0.5, 0.6) is 0 Å². The number of hydrogen-bond acceptors (Lipinski definition) is 4. The summed E-state index contributed by atoms with van der Waals surface area (Å²) in [6.45, 7) is 2.23. The van der Waals surface area contributed by atoms with Crippen molar-refractivity contribution in [3.63, 3.8) is 0 Å². The van der Waals surface area contributed by atoms with Gasteiger partial charge in [0.2, 0.25) is 0 Å². The quantitative estimate of drug-likeness (QED) is 0.558. The largest absolute Gasteiger partial charge is 0.382 e. The first kappa shape index (κ1) is 16.2. The summed E-state index contributed by atoms with van der Waals surface area (Å²) >= 11 is 0. The molecule has 1 aromatic rings. The van der Waals surface area contributed by atoms with Gasteiger partial charge in [0.15, 0.2) is 0 Å². The van der Waals surface area contributed by atoms with Crippen LogP contribution in [-0.4, -0.2) is 45.9 Å². The van der Waals surface area contributed by atoms with Crippen LogP contribution in [0.25, 0.3) is 0 Å². The van der Waals surface area contributed by atoms with Crippen molar-refractivity contribution in [3.05, 3.63) is 35.4 Å². The molecule has 1 aromatic carbocycles. The molecule has 108 valence electrons. The van der Waals surface area contributed by atoms with Gasteiger partial charge in [-0.3, -0.25) is 4.79 Å². The van der Waals surface area contributed by atoms with Crippen LogP contribution >= 0.6 is 0 Å². The van der Waals surface area contributed by atoms with Crippen molar-refractivity contribution in [3.8, 4) is 11.8 Å². The third-order valence-corrected chi connectivity index (χ3v) is 2.46. The Morgan fingerprint density at radius 1 is 1.30 bits per heavy atom. The molecule has 5 heteroatoms. The number of hydrogen-bond donors (Lipinski definition) is 2. The van der Waals surface area contributed by atoms with Crippen molar-refractivity contribution < 1.29 is 14.3 Å². The first-order valence-electron chi connectivity index (χ1n) is 6.42. The van der Waals surface area contributed by atoms with E-state index in [4.69, 9.17) is 15.2 Å². The van der Waals surface area contributed by atoms with E-state index in [0.29, 0.717) is 37.5 Å². The van der Waals surface area contributed by atoms with Crippen molar-refractivity contribution in [1.82, 2.24) is 5.32 Å². The summed E-state index contributed by atoms with van der Waals surface area (Å²) in [7, 11) is 1.62. The Hall–Kier alpha value is -1.87. The lowest BCUT2D eigenvalue weighted by atomic mass is 10.1. The van der Waals surface area contributed by atoms with E-state index in [1.807, 2.05) is 6.07 Å². The molecule has 3 N–H and O–H groups in total. The van der Waals surface area contributed by atoms with E-state index < -0.39 is 0 Å². The lowest BCUT2D eigenvalue weighted by molar-refractivity contribution is 0.0692. The van der Waals surface area contributed by atoms with Gasteiger partial charge in [-0.25, -0.2) is 0 Å². The zero-order valence-corrected chi connectivity index (χ0v) is 11.6.